The van der Waals surface area contributed by atoms with Crippen LogP contribution in [0.3, 0.4) is 0 Å². The van der Waals surface area contributed by atoms with E-state index in [2.05, 4.69) is 27.9 Å². The minimum Gasteiger partial charge on any atom is -0.397 e. The van der Waals surface area contributed by atoms with Gasteiger partial charge in [-0.15, -0.1) is 0 Å². The van der Waals surface area contributed by atoms with Crippen LogP contribution in [-0.4, -0.2) is 0 Å². The number of hydrogen-bond acceptors (Lipinski definition) is 2. The van der Waals surface area contributed by atoms with Gasteiger partial charge in [0.1, 0.15) is 0 Å². The molecule has 0 aliphatic rings. The molecular weight excluding hydrogens is 347 g/mol. The zero-order valence-electron chi connectivity index (χ0n) is 9.08. The van der Waals surface area contributed by atoms with E-state index in [1.54, 1.807) is 0 Å². The van der Waals surface area contributed by atoms with Crippen LogP contribution >= 0.6 is 34.2 Å². The van der Waals surface area contributed by atoms with Gasteiger partial charge in [0.15, 0.2) is 0 Å². The molecule has 0 bridgehead atoms. The fraction of sp³-hybridized carbons (Fsp3) is 0.0769. The fourth-order valence-electron chi connectivity index (χ4n) is 1.49. The summed E-state index contributed by atoms with van der Waals surface area (Å²) in [5.41, 5.74) is 8.82. The van der Waals surface area contributed by atoms with Crippen LogP contribution < -0.4 is 11.1 Å². The molecule has 2 nitrogen and oxygen atoms in total. The number of hydrogen-bond donors (Lipinski definition) is 2. The second-order valence-corrected chi connectivity index (χ2v) is 5.39. The molecule has 0 saturated carbocycles. The summed E-state index contributed by atoms with van der Waals surface area (Å²) in [5, 5.41) is 4.06. The van der Waals surface area contributed by atoms with Crippen LogP contribution in [0, 0.1) is 3.57 Å². The highest BCUT2D eigenvalue weighted by molar-refractivity contribution is 14.1. The van der Waals surface area contributed by atoms with Crippen LogP contribution in [-0.2, 0) is 6.54 Å². The summed E-state index contributed by atoms with van der Waals surface area (Å²) >= 11 is 8.07. The van der Waals surface area contributed by atoms with Gasteiger partial charge in [-0.3, -0.25) is 0 Å². The van der Waals surface area contributed by atoms with Crippen molar-refractivity contribution in [2.45, 2.75) is 6.54 Å². The van der Waals surface area contributed by atoms with Crippen LogP contribution in [0.15, 0.2) is 42.5 Å². The zero-order valence-corrected chi connectivity index (χ0v) is 12.0. The summed E-state index contributed by atoms with van der Waals surface area (Å²) in [6.07, 6.45) is 0. The maximum atomic E-state index is 5.92. The third-order valence-corrected chi connectivity index (χ3v) is 3.33. The molecule has 2 rings (SSSR count). The van der Waals surface area contributed by atoms with Crippen molar-refractivity contribution in [3.8, 4) is 0 Å². The van der Waals surface area contributed by atoms with E-state index in [4.69, 9.17) is 17.3 Å². The molecule has 88 valence electrons. The number of benzene rings is 2. The lowest BCUT2D eigenvalue weighted by atomic mass is 10.2. The Kier molecular flexibility index (Phi) is 4.12. The first-order valence-electron chi connectivity index (χ1n) is 5.18. The minimum absolute atomic E-state index is 0.738. The Labute approximate surface area is 119 Å². The van der Waals surface area contributed by atoms with Gasteiger partial charge in [-0.25, -0.2) is 0 Å². The molecule has 0 fully saturated rings. The molecule has 0 aliphatic carbocycles. The van der Waals surface area contributed by atoms with Crippen LogP contribution in [0.1, 0.15) is 5.56 Å². The summed E-state index contributed by atoms with van der Waals surface area (Å²) in [6, 6.07) is 13.7. The third-order valence-electron chi connectivity index (χ3n) is 2.41. The second-order valence-electron chi connectivity index (χ2n) is 3.71. The number of nitrogens with one attached hydrogen (secondary N) is 1. The van der Waals surface area contributed by atoms with Gasteiger partial charge >= 0.3 is 0 Å². The fourth-order valence-corrected chi connectivity index (χ4v) is 2.14. The highest BCUT2D eigenvalue weighted by atomic mass is 127. The Morgan fingerprint density at radius 2 is 1.82 bits per heavy atom. The van der Waals surface area contributed by atoms with E-state index in [-0.39, 0.29) is 0 Å². The third kappa shape index (κ3) is 3.51. The van der Waals surface area contributed by atoms with E-state index in [0.29, 0.717) is 0 Å². The van der Waals surface area contributed by atoms with Crippen LogP contribution in [0.4, 0.5) is 11.4 Å². The lowest BCUT2D eigenvalue weighted by molar-refractivity contribution is 1.15. The van der Waals surface area contributed by atoms with Crippen molar-refractivity contribution in [3.63, 3.8) is 0 Å². The topological polar surface area (TPSA) is 38.0 Å². The molecular formula is C13H12ClIN2. The molecule has 0 spiro atoms. The van der Waals surface area contributed by atoms with Crippen LogP contribution in [0.5, 0.6) is 0 Å². The van der Waals surface area contributed by atoms with Crippen LogP contribution in [0.2, 0.25) is 5.02 Å². The van der Waals surface area contributed by atoms with Gasteiger partial charge < -0.3 is 11.1 Å². The second kappa shape index (κ2) is 5.60. The highest BCUT2D eigenvalue weighted by Gasteiger charge is 1.99. The predicted octanol–water partition coefficient (Wildman–Crippen LogP) is 4.14. The van der Waals surface area contributed by atoms with Crippen molar-refractivity contribution < 1.29 is 0 Å². The smallest absolute Gasteiger partial charge is 0.0577 e. The summed E-state index contributed by atoms with van der Waals surface area (Å²) in [6.45, 7) is 0.738. The van der Waals surface area contributed by atoms with Gasteiger partial charge in [-0.2, -0.15) is 0 Å². The van der Waals surface area contributed by atoms with E-state index in [9.17, 15) is 0 Å². The number of anilines is 2. The average molecular weight is 359 g/mol. The summed E-state index contributed by atoms with van der Waals surface area (Å²) < 4.78 is 1.14. The molecule has 17 heavy (non-hydrogen) atoms. The van der Waals surface area contributed by atoms with Gasteiger partial charge in [0.25, 0.3) is 0 Å². The van der Waals surface area contributed by atoms with Gasteiger partial charge in [0.2, 0.25) is 0 Å². The summed E-state index contributed by atoms with van der Waals surface area (Å²) in [7, 11) is 0. The molecule has 2 aromatic rings. The van der Waals surface area contributed by atoms with E-state index in [0.717, 1.165) is 26.5 Å². The highest BCUT2D eigenvalue weighted by Crippen LogP contribution is 2.21. The summed E-state index contributed by atoms with van der Waals surface area (Å²) in [4.78, 5) is 0. The van der Waals surface area contributed by atoms with Crippen molar-refractivity contribution in [2.75, 3.05) is 11.1 Å². The molecule has 4 heteroatoms. The van der Waals surface area contributed by atoms with E-state index in [1.807, 2.05) is 42.5 Å². The number of nitrogens with two attached hydrogens (primary N) is 1. The normalized spacial score (nSPS) is 10.2. The molecule has 0 atom stereocenters. The molecule has 3 N–H and O–H groups in total. The maximum absolute atomic E-state index is 5.92. The van der Waals surface area contributed by atoms with Gasteiger partial charge in [0, 0.05) is 15.1 Å². The number of halogens is 2. The molecule has 0 saturated heterocycles. The van der Waals surface area contributed by atoms with Gasteiger partial charge in [-0.05, 0) is 58.5 Å². The summed E-state index contributed by atoms with van der Waals surface area (Å²) in [5.74, 6) is 0. The largest absolute Gasteiger partial charge is 0.397 e. The van der Waals surface area contributed by atoms with E-state index < -0.39 is 0 Å². The van der Waals surface area contributed by atoms with E-state index >= 15 is 0 Å². The Morgan fingerprint density at radius 1 is 1.12 bits per heavy atom. The van der Waals surface area contributed by atoms with Crippen molar-refractivity contribution in [3.05, 3.63) is 56.6 Å². The van der Waals surface area contributed by atoms with Crippen molar-refractivity contribution in [1.29, 1.82) is 0 Å². The number of rotatable bonds is 3. The van der Waals surface area contributed by atoms with Crippen molar-refractivity contribution in [1.82, 2.24) is 0 Å². The molecule has 2 aromatic carbocycles. The quantitative estimate of drug-likeness (QED) is 0.639. The lowest BCUT2D eigenvalue weighted by Crippen LogP contribution is -2.02. The Morgan fingerprint density at radius 3 is 2.47 bits per heavy atom. The molecule has 0 radical (unpaired) electrons. The lowest BCUT2D eigenvalue weighted by Gasteiger charge is -2.09. The first-order valence-corrected chi connectivity index (χ1v) is 6.64. The monoisotopic (exact) mass is 358 g/mol. The number of nitrogen functional groups attached to an aromatic ring is 1. The molecule has 0 unspecified atom stereocenters. The maximum Gasteiger partial charge on any atom is 0.0577 e. The average Bonchev–Trinajstić information content (AvgIpc) is 2.30. The van der Waals surface area contributed by atoms with E-state index in [1.165, 1.54) is 5.56 Å². The molecule has 0 heterocycles. The van der Waals surface area contributed by atoms with Crippen LogP contribution in [0.25, 0.3) is 0 Å². The Bertz CT molecular complexity index is 511. The first kappa shape index (κ1) is 12.5. The predicted molar refractivity (Wildman–Crippen MR) is 82.4 cm³/mol. The molecule has 0 aliphatic heterocycles. The zero-order chi connectivity index (χ0) is 12.3. The molecule has 0 aromatic heterocycles. The van der Waals surface area contributed by atoms with Crippen molar-refractivity contribution >= 4 is 45.6 Å². The first-order chi connectivity index (χ1) is 8.15. The van der Waals surface area contributed by atoms with Gasteiger partial charge in [0.05, 0.1) is 11.4 Å². The Hall–Kier alpha value is -0.940. The Balaban J connectivity index is 2.04. The van der Waals surface area contributed by atoms with Crippen molar-refractivity contribution in [2.24, 2.45) is 0 Å². The SMILES string of the molecule is Nc1cc(I)ccc1NCc1ccc(Cl)cc1. The minimum atomic E-state index is 0.738. The van der Waals surface area contributed by atoms with Gasteiger partial charge in [-0.1, -0.05) is 23.7 Å². The standard InChI is InChI=1S/C13H12ClIN2/c14-10-3-1-9(2-4-10)8-17-13-6-5-11(15)7-12(13)16/h1-7,17H,8,16H2. The molecule has 0 amide bonds.